The van der Waals surface area contributed by atoms with Crippen molar-refractivity contribution >= 4 is 26.9 Å². The number of carbonyl (C=O) groups is 1. The molecule has 1 fully saturated rings. The van der Waals surface area contributed by atoms with Gasteiger partial charge in [0.15, 0.2) is 15.5 Å². The first-order valence-corrected chi connectivity index (χ1v) is 10.2. The number of fused-ring (bicyclic) bond motifs is 1. The van der Waals surface area contributed by atoms with Gasteiger partial charge in [-0.1, -0.05) is 30.3 Å². The number of hydrogen-bond donors (Lipinski definition) is 0. The summed E-state index contributed by atoms with van der Waals surface area (Å²) in [5.41, 5.74) is 2.94. The molecule has 0 saturated carbocycles. The third-order valence-corrected chi connectivity index (χ3v) is 6.14. The molecule has 0 spiro atoms. The molecule has 0 bridgehead atoms. The quantitative estimate of drug-likeness (QED) is 0.695. The van der Waals surface area contributed by atoms with Gasteiger partial charge in [-0.15, -0.1) is 0 Å². The molecule has 1 aliphatic rings. The molecule has 0 radical (unpaired) electrons. The molecule has 0 unspecified atom stereocenters. The third-order valence-electron chi connectivity index (χ3n) is 4.53. The molecule has 3 heterocycles. The normalized spacial score (nSPS) is 16.7. The number of amides is 1. The number of sulfone groups is 1. The maximum absolute atomic E-state index is 12.6. The van der Waals surface area contributed by atoms with Crippen molar-refractivity contribution in [1.82, 2.24) is 19.4 Å². The zero-order valence-electron chi connectivity index (χ0n) is 14.1. The van der Waals surface area contributed by atoms with Crippen LogP contribution in [0.15, 0.2) is 48.9 Å². The SMILES string of the molecule is O=C(c1cnc2c(c1)ncn2Cc1ccccc1)N1CCS(=O)(=O)CC1. The van der Waals surface area contributed by atoms with Crippen LogP contribution in [0.3, 0.4) is 0 Å². The number of imidazole rings is 1. The summed E-state index contributed by atoms with van der Waals surface area (Å²) in [6.45, 7) is 1.10. The Morgan fingerprint density at radius 1 is 1.08 bits per heavy atom. The van der Waals surface area contributed by atoms with Crippen molar-refractivity contribution in [3.63, 3.8) is 0 Å². The van der Waals surface area contributed by atoms with Crippen LogP contribution in [0.1, 0.15) is 15.9 Å². The molecule has 8 heteroatoms. The van der Waals surface area contributed by atoms with Gasteiger partial charge in [0.1, 0.15) is 5.52 Å². The molecule has 26 heavy (non-hydrogen) atoms. The molecule has 7 nitrogen and oxygen atoms in total. The Balaban J connectivity index is 1.56. The van der Waals surface area contributed by atoms with Crippen LogP contribution in [0.4, 0.5) is 0 Å². The van der Waals surface area contributed by atoms with Crippen LogP contribution in [0.2, 0.25) is 0 Å². The maximum Gasteiger partial charge on any atom is 0.255 e. The van der Waals surface area contributed by atoms with E-state index in [9.17, 15) is 13.2 Å². The molecule has 1 amide bonds. The Hall–Kier alpha value is -2.74. The second-order valence-corrected chi connectivity index (χ2v) is 8.67. The number of pyridine rings is 1. The minimum atomic E-state index is -3.02. The highest BCUT2D eigenvalue weighted by Gasteiger charge is 2.26. The Bertz CT molecular complexity index is 1050. The van der Waals surface area contributed by atoms with Gasteiger partial charge >= 0.3 is 0 Å². The van der Waals surface area contributed by atoms with E-state index in [4.69, 9.17) is 0 Å². The first kappa shape index (κ1) is 16.7. The van der Waals surface area contributed by atoms with Crippen LogP contribution in [0.25, 0.3) is 11.2 Å². The van der Waals surface area contributed by atoms with Gasteiger partial charge in [-0.3, -0.25) is 4.79 Å². The fourth-order valence-corrected chi connectivity index (χ4v) is 4.26. The lowest BCUT2D eigenvalue weighted by Gasteiger charge is -2.26. The van der Waals surface area contributed by atoms with Gasteiger partial charge in [-0.05, 0) is 11.6 Å². The van der Waals surface area contributed by atoms with Gasteiger partial charge in [0, 0.05) is 19.3 Å². The van der Waals surface area contributed by atoms with Crippen LogP contribution >= 0.6 is 0 Å². The number of aromatic nitrogens is 3. The van der Waals surface area contributed by atoms with E-state index in [1.54, 1.807) is 17.3 Å². The monoisotopic (exact) mass is 370 g/mol. The molecule has 0 N–H and O–H groups in total. The molecule has 1 aromatic carbocycles. The van der Waals surface area contributed by atoms with Crippen molar-refractivity contribution in [2.24, 2.45) is 0 Å². The van der Waals surface area contributed by atoms with Crippen molar-refractivity contribution in [3.05, 3.63) is 60.0 Å². The van der Waals surface area contributed by atoms with E-state index in [0.29, 0.717) is 23.3 Å². The molecular formula is C18H18N4O3S. The predicted octanol–water partition coefficient (Wildman–Crippen LogP) is 1.35. The van der Waals surface area contributed by atoms with Crippen molar-refractivity contribution in [2.45, 2.75) is 6.54 Å². The minimum absolute atomic E-state index is 0.0140. The van der Waals surface area contributed by atoms with E-state index in [1.165, 1.54) is 6.20 Å². The van der Waals surface area contributed by atoms with E-state index in [-0.39, 0.29) is 30.5 Å². The van der Waals surface area contributed by atoms with Crippen LogP contribution in [0.5, 0.6) is 0 Å². The van der Waals surface area contributed by atoms with Gasteiger partial charge < -0.3 is 9.47 Å². The highest BCUT2D eigenvalue weighted by atomic mass is 32.2. The van der Waals surface area contributed by atoms with Crippen LogP contribution in [-0.4, -0.2) is 58.4 Å². The fraction of sp³-hybridized carbons (Fsp3) is 0.278. The lowest BCUT2D eigenvalue weighted by atomic mass is 10.2. The Labute approximate surface area is 151 Å². The molecule has 4 rings (SSSR count). The topological polar surface area (TPSA) is 85.2 Å². The molecule has 134 valence electrons. The smallest absolute Gasteiger partial charge is 0.255 e. The van der Waals surface area contributed by atoms with Crippen molar-refractivity contribution in [2.75, 3.05) is 24.6 Å². The van der Waals surface area contributed by atoms with Gasteiger partial charge in [-0.2, -0.15) is 0 Å². The van der Waals surface area contributed by atoms with E-state index < -0.39 is 9.84 Å². The molecular weight excluding hydrogens is 352 g/mol. The average molecular weight is 370 g/mol. The summed E-state index contributed by atoms with van der Waals surface area (Å²) in [7, 11) is -3.02. The van der Waals surface area contributed by atoms with Crippen molar-refractivity contribution < 1.29 is 13.2 Å². The number of hydrogen-bond acceptors (Lipinski definition) is 5. The lowest BCUT2D eigenvalue weighted by molar-refractivity contribution is 0.0770. The number of nitrogens with zero attached hydrogens (tertiary/aromatic N) is 4. The summed E-state index contributed by atoms with van der Waals surface area (Å²) in [6, 6.07) is 11.7. The fourth-order valence-electron chi connectivity index (χ4n) is 3.06. The summed E-state index contributed by atoms with van der Waals surface area (Å²) in [6.07, 6.45) is 3.25. The molecule has 0 aliphatic carbocycles. The summed E-state index contributed by atoms with van der Waals surface area (Å²) in [4.78, 5) is 22.9. The van der Waals surface area contributed by atoms with Gasteiger partial charge in [0.2, 0.25) is 0 Å². The van der Waals surface area contributed by atoms with Crippen LogP contribution in [-0.2, 0) is 16.4 Å². The van der Waals surface area contributed by atoms with Gasteiger partial charge in [-0.25, -0.2) is 18.4 Å². The molecule has 2 aromatic heterocycles. The molecule has 3 aromatic rings. The standard InChI is InChI=1S/C18H18N4O3S/c23-18(21-6-8-26(24,25)9-7-21)15-10-16-17(19-11-15)22(13-20-16)12-14-4-2-1-3-5-14/h1-5,10-11,13H,6-9,12H2. The van der Waals surface area contributed by atoms with Gasteiger partial charge in [0.05, 0.1) is 29.9 Å². The number of carbonyl (C=O) groups excluding carboxylic acids is 1. The van der Waals surface area contributed by atoms with E-state index in [0.717, 1.165) is 5.56 Å². The van der Waals surface area contributed by atoms with E-state index >= 15 is 0 Å². The summed E-state index contributed by atoms with van der Waals surface area (Å²) >= 11 is 0. The average Bonchev–Trinajstić information content (AvgIpc) is 3.04. The van der Waals surface area contributed by atoms with Crippen LogP contribution in [0, 0.1) is 0 Å². The molecule has 1 aliphatic heterocycles. The third kappa shape index (κ3) is 3.32. The summed E-state index contributed by atoms with van der Waals surface area (Å²) < 4.78 is 25.0. The second-order valence-electron chi connectivity index (χ2n) is 6.37. The first-order valence-electron chi connectivity index (χ1n) is 8.36. The summed E-state index contributed by atoms with van der Waals surface area (Å²) in [5, 5.41) is 0. The number of rotatable bonds is 3. The van der Waals surface area contributed by atoms with Crippen molar-refractivity contribution in [1.29, 1.82) is 0 Å². The minimum Gasteiger partial charge on any atom is -0.337 e. The zero-order chi connectivity index (χ0) is 18.1. The maximum atomic E-state index is 12.6. The predicted molar refractivity (Wildman–Crippen MR) is 97.6 cm³/mol. The van der Waals surface area contributed by atoms with Crippen molar-refractivity contribution in [3.8, 4) is 0 Å². The van der Waals surface area contributed by atoms with Crippen LogP contribution < -0.4 is 0 Å². The zero-order valence-corrected chi connectivity index (χ0v) is 14.9. The highest BCUT2D eigenvalue weighted by Crippen LogP contribution is 2.16. The second kappa shape index (κ2) is 6.53. The Morgan fingerprint density at radius 3 is 2.54 bits per heavy atom. The Kier molecular flexibility index (Phi) is 4.20. The van der Waals surface area contributed by atoms with Gasteiger partial charge in [0.25, 0.3) is 5.91 Å². The molecule has 1 saturated heterocycles. The highest BCUT2D eigenvalue weighted by molar-refractivity contribution is 7.91. The summed E-state index contributed by atoms with van der Waals surface area (Å²) in [5.74, 6) is -0.174. The first-order chi connectivity index (χ1) is 12.5. The number of benzene rings is 1. The van der Waals surface area contributed by atoms with E-state index in [1.807, 2.05) is 34.9 Å². The lowest BCUT2D eigenvalue weighted by Crippen LogP contribution is -2.43. The molecule has 0 atom stereocenters. The largest absolute Gasteiger partial charge is 0.337 e. The Morgan fingerprint density at radius 2 is 1.81 bits per heavy atom. The van der Waals surface area contributed by atoms with E-state index in [2.05, 4.69) is 9.97 Å².